The van der Waals surface area contributed by atoms with Gasteiger partial charge in [0.1, 0.15) is 6.54 Å². The minimum Gasteiger partial charge on any atom is -0.480 e. The third-order valence-corrected chi connectivity index (χ3v) is 1.96. The number of hydrogen-bond donors (Lipinski definition) is 2. The molecule has 0 heterocycles. The maximum atomic E-state index is 11.2. The summed E-state index contributed by atoms with van der Waals surface area (Å²) < 4.78 is 0. The number of urea groups is 1. The predicted octanol–water partition coefficient (Wildman–Crippen LogP) is 0.122. The smallest absolute Gasteiger partial charge is 0.323 e. The van der Waals surface area contributed by atoms with E-state index in [1.54, 1.807) is 0 Å². The lowest BCUT2D eigenvalue weighted by atomic mass is 10.4. The molecule has 1 fully saturated rings. The van der Waals surface area contributed by atoms with Crippen LogP contribution in [0.3, 0.4) is 0 Å². The molecule has 0 bridgehead atoms. The highest BCUT2D eigenvalue weighted by atomic mass is 16.4. The molecule has 2 N–H and O–H groups in total. The van der Waals surface area contributed by atoms with E-state index in [0.29, 0.717) is 12.5 Å². The zero-order valence-electron chi connectivity index (χ0n) is 7.62. The van der Waals surface area contributed by atoms with Crippen molar-refractivity contribution >= 4 is 12.0 Å². The summed E-state index contributed by atoms with van der Waals surface area (Å²) in [6.07, 6.45) is 2.34. The number of nitrogens with one attached hydrogen (secondary N) is 1. The van der Waals surface area contributed by atoms with Gasteiger partial charge >= 0.3 is 12.0 Å². The van der Waals surface area contributed by atoms with Crippen LogP contribution in [-0.2, 0) is 4.79 Å². The first-order chi connectivity index (χ1) is 6.09. The molecule has 0 aliphatic heterocycles. The minimum absolute atomic E-state index is 0.253. The van der Waals surface area contributed by atoms with Crippen LogP contribution in [0.25, 0.3) is 0 Å². The molecule has 0 aromatic rings. The maximum Gasteiger partial charge on any atom is 0.323 e. The summed E-state index contributed by atoms with van der Waals surface area (Å²) in [5.41, 5.74) is 0. The molecule has 0 saturated heterocycles. The van der Waals surface area contributed by atoms with E-state index >= 15 is 0 Å². The van der Waals surface area contributed by atoms with Crippen LogP contribution < -0.4 is 5.32 Å². The molecule has 0 atom stereocenters. The fourth-order valence-corrected chi connectivity index (χ4v) is 0.963. The fraction of sp³-hybridized carbons (Fsp3) is 0.750. The van der Waals surface area contributed by atoms with Crippen molar-refractivity contribution in [3.63, 3.8) is 0 Å². The van der Waals surface area contributed by atoms with Gasteiger partial charge in [0.15, 0.2) is 0 Å². The molecule has 2 amide bonds. The fourth-order valence-electron chi connectivity index (χ4n) is 0.963. The standard InChI is InChI=1S/C8H14N2O3/c1-10(5-7(11)12)8(13)9-4-6-2-3-6/h6H,2-5H2,1H3,(H,9,13)(H,11,12). The van der Waals surface area contributed by atoms with Gasteiger partial charge in [-0.05, 0) is 18.8 Å². The molecule has 13 heavy (non-hydrogen) atoms. The first-order valence-corrected chi connectivity index (χ1v) is 4.30. The maximum absolute atomic E-state index is 11.2. The quantitative estimate of drug-likeness (QED) is 0.655. The Morgan fingerprint density at radius 3 is 2.62 bits per heavy atom. The van der Waals surface area contributed by atoms with E-state index in [1.807, 2.05) is 0 Å². The van der Waals surface area contributed by atoms with Gasteiger partial charge < -0.3 is 15.3 Å². The highest BCUT2D eigenvalue weighted by molar-refractivity contribution is 5.79. The van der Waals surface area contributed by atoms with Gasteiger partial charge in [-0.2, -0.15) is 0 Å². The Morgan fingerprint density at radius 1 is 1.54 bits per heavy atom. The Balaban J connectivity index is 2.16. The summed E-state index contributed by atoms with van der Waals surface area (Å²) in [7, 11) is 1.47. The van der Waals surface area contributed by atoms with E-state index in [2.05, 4.69) is 5.32 Å². The highest BCUT2D eigenvalue weighted by Crippen LogP contribution is 2.27. The van der Waals surface area contributed by atoms with Crippen LogP contribution in [0.15, 0.2) is 0 Å². The van der Waals surface area contributed by atoms with Gasteiger partial charge in [-0.1, -0.05) is 0 Å². The zero-order valence-corrected chi connectivity index (χ0v) is 7.62. The average molecular weight is 186 g/mol. The molecule has 0 aromatic carbocycles. The summed E-state index contributed by atoms with van der Waals surface area (Å²) in [6.45, 7) is 0.416. The highest BCUT2D eigenvalue weighted by Gasteiger charge is 2.22. The lowest BCUT2D eigenvalue weighted by Gasteiger charge is -2.14. The number of aliphatic carboxylic acids is 1. The summed E-state index contributed by atoms with van der Waals surface area (Å²) in [5.74, 6) is -0.383. The first-order valence-electron chi connectivity index (χ1n) is 4.30. The molecule has 1 aliphatic rings. The molecule has 0 radical (unpaired) electrons. The second-order valence-corrected chi connectivity index (χ2v) is 3.38. The van der Waals surface area contributed by atoms with Crippen molar-refractivity contribution in [2.45, 2.75) is 12.8 Å². The van der Waals surface area contributed by atoms with E-state index in [-0.39, 0.29) is 12.6 Å². The number of hydrogen-bond acceptors (Lipinski definition) is 2. The normalized spacial score (nSPS) is 15.2. The molecule has 1 rings (SSSR count). The van der Waals surface area contributed by atoms with Crippen molar-refractivity contribution in [2.75, 3.05) is 20.1 Å². The van der Waals surface area contributed by atoms with Gasteiger partial charge in [-0.3, -0.25) is 4.79 Å². The lowest BCUT2D eigenvalue weighted by molar-refractivity contribution is -0.137. The second-order valence-electron chi connectivity index (χ2n) is 3.38. The lowest BCUT2D eigenvalue weighted by Crippen LogP contribution is -2.40. The van der Waals surface area contributed by atoms with E-state index in [1.165, 1.54) is 19.9 Å². The number of carboxylic acid groups (broad SMARTS) is 1. The number of nitrogens with zero attached hydrogens (tertiary/aromatic N) is 1. The van der Waals surface area contributed by atoms with Gasteiger partial charge in [0, 0.05) is 13.6 Å². The molecule has 5 heteroatoms. The Morgan fingerprint density at radius 2 is 2.15 bits per heavy atom. The molecule has 1 saturated carbocycles. The van der Waals surface area contributed by atoms with E-state index in [0.717, 1.165) is 4.90 Å². The third-order valence-electron chi connectivity index (χ3n) is 1.96. The number of amides is 2. The molecule has 0 unspecified atom stereocenters. The SMILES string of the molecule is CN(CC(=O)O)C(=O)NCC1CC1. The van der Waals surface area contributed by atoms with Crippen LogP contribution in [0.5, 0.6) is 0 Å². The first kappa shape index (κ1) is 9.83. The van der Waals surface area contributed by atoms with Crippen molar-refractivity contribution in [2.24, 2.45) is 5.92 Å². The largest absolute Gasteiger partial charge is 0.480 e. The van der Waals surface area contributed by atoms with Gasteiger partial charge in [0.05, 0.1) is 0 Å². The summed E-state index contributed by atoms with van der Waals surface area (Å²) in [6, 6.07) is -0.311. The average Bonchev–Trinajstić information content (AvgIpc) is 2.81. The van der Waals surface area contributed by atoms with Gasteiger partial charge in [0.25, 0.3) is 0 Å². The molecular weight excluding hydrogens is 172 g/mol. The molecular formula is C8H14N2O3. The van der Waals surface area contributed by atoms with Crippen LogP contribution in [0, 0.1) is 5.92 Å². The van der Waals surface area contributed by atoms with Crippen LogP contribution in [0.1, 0.15) is 12.8 Å². The van der Waals surface area contributed by atoms with Crippen molar-refractivity contribution in [3.05, 3.63) is 0 Å². The van der Waals surface area contributed by atoms with Crippen molar-refractivity contribution < 1.29 is 14.7 Å². The molecule has 0 spiro atoms. The van der Waals surface area contributed by atoms with Crippen molar-refractivity contribution in [3.8, 4) is 0 Å². The monoisotopic (exact) mass is 186 g/mol. The Hall–Kier alpha value is -1.26. The Bertz CT molecular complexity index is 213. The minimum atomic E-state index is -0.996. The van der Waals surface area contributed by atoms with Gasteiger partial charge in [0.2, 0.25) is 0 Å². The van der Waals surface area contributed by atoms with Crippen LogP contribution in [0.4, 0.5) is 4.79 Å². The second kappa shape index (κ2) is 4.11. The number of carbonyl (C=O) groups excluding carboxylic acids is 1. The van der Waals surface area contributed by atoms with E-state index in [4.69, 9.17) is 5.11 Å². The number of carboxylic acids is 1. The summed E-state index contributed by atoms with van der Waals surface area (Å²) >= 11 is 0. The van der Waals surface area contributed by atoms with Crippen LogP contribution in [0.2, 0.25) is 0 Å². The topological polar surface area (TPSA) is 69.6 Å². The van der Waals surface area contributed by atoms with Crippen LogP contribution >= 0.6 is 0 Å². The van der Waals surface area contributed by atoms with Crippen molar-refractivity contribution in [1.29, 1.82) is 0 Å². The van der Waals surface area contributed by atoms with Gasteiger partial charge in [-0.25, -0.2) is 4.79 Å². The molecule has 1 aliphatic carbocycles. The Labute approximate surface area is 76.7 Å². The Kier molecular flexibility index (Phi) is 3.11. The van der Waals surface area contributed by atoms with Crippen LogP contribution in [-0.4, -0.2) is 42.1 Å². The number of carbonyl (C=O) groups is 2. The summed E-state index contributed by atoms with van der Waals surface area (Å²) in [4.78, 5) is 22.6. The zero-order chi connectivity index (χ0) is 9.84. The van der Waals surface area contributed by atoms with Crippen molar-refractivity contribution in [1.82, 2.24) is 10.2 Å². The number of likely N-dealkylation sites (N-methyl/N-ethyl adjacent to an activating group) is 1. The summed E-state index contributed by atoms with van der Waals surface area (Å²) in [5, 5.41) is 11.1. The molecule has 74 valence electrons. The van der Waals surface area contributed by atoms with E-state index in [9.17, 15) is 9.59 Å². The molecule has 5 nitrogen and oxygen atoms in total. The third kappa shape index (κ3) is 3.78. The van der Waals surface area contributed by atoms with Gasteiger partial charge in [-0.15, -0.1) is 0 Å². The predicted molar refractivity (Wildman–Crippen MR) is 46.4 cm³/mol. The van der Waals surface area contributed by atoms with E-state index < -0.39 is 5.97 Å². The molecule has 0 aromatic heterocycles. The number of rotatable bonds is 4.